The molecule has 1 aliphatic rings. The molecule has 0 aliphatic heterocycles. The first kappa shape index (κ1) is 23.9. The zero-order valence-corrected chi connectivity index (χ0v) is 18.1. The van der Waals surface area contributed by atoms with Crippen LogP contribution >= 0.6 is 24.0 Å². The van der Waals surface area contributed by atoms with Gasteiger partial charge in [0.25, 0.3) is 0 Å². The Kier molecular flexibility index (Phi) is 14.1. The molecule has 0 radical (unpaired) electrons. The topological polar surface area (TPSA) is 65.9 Å². The normalized spacial score (nSPS) is 16.6. The Morgan fingerprint density at radius 3 is 2.38 bits per heavy atom. The molecule has 0 aromatic rings. The summed E-state index contributed by atoms with van der Waals surface area (Å²) in [5.41, 5.74) is -0.688. The quantitative estimate of drug-likeness (QED) is 0.204. The average Bonchev–Trinajstić information content (AvgIpc) is 2.60. The Balaban J connectivity index is 0.00000529. The molecule has 6 heteroatoms. The van der Waals surface area contributed by atoms with Crippen LogP contribution in [-0.4, -0.2) is 49.0 Å². The van der Waals surface area contributed by atoms with Gasteiger partial charge in [-0.25, -0.2) is 0 Å². The highest BCUT2D eigenvalue weighted by Crippen LogP contribution is 2.20. The van der Waals surface area contributed by atoms with E-state index in [2.05, 4.69) is 22.5 Å². The molecule has 0 bridgehead atoms. The lowest BCUT2D eigenvalue weighted by Crippen LogP contribution is -2.40. The van der Waals surface area contributed by atoms with Crippen LogP contribution in [0, 0.1) is 0 Å². The summed E-state index contributed by atoms with van der Waals surface area (Å²) < 4.78 is 5.93. The molecule has 0 amide bonds. The maximum Gasteiger partial charge on any atom is 0.191 e. The van der Waals surface area contributed by atoms with Crippen LogP contribution in [0.2, 0.25) is 0 Å². The van der Waals surface area contributed by atoms with Crippen molar-refractivity contribution in [3.8, 4) is 0 Å². The minimum absolute atomic E-state index is 0. The predicted molar refractivity (Wildman–Crippen MR) is 112 cm³/mol. The molecule has 24 heavy (non-hydrogen) atoms. The molecular formula is C18H38IN3O2. The van der Waals surface area contributed by atoms with Gasteiger partial charge in [-0.1, -0.05) is 33.1 Å². The van der Waals surface area contributed by atoms with Crippen molar-refractivity contribution in [2.45, 2.75) is 83.8 Å². The zero-order chi connectivity index (χ0) is 17.0. The monoisotopic (exact) mass is 455 g/mol. The van der Waals surface area contributed by atoms with Gasteiger partial charge < -0.3 is 20.5 Å². The molecular weight excluding hydrogens is 417 g/mol. The van der Waals surface area contributed by atoms with Gasteiger partial charge in [0.2, 0.25) is 0 Å². The zero-order valence-electron chi connectivity index (χ0n) is 15.8. The summed E-state index contributed by atoms with van der Waals surface area (Å²) in [4.78, 5) is 4.52. The number of nitrogens with one attached hydrogen (secondary N) is 2. The van der Waals surface area contributed by atoms with E-state index in [0.29, 0.717) is 12.6 Å². The maximum atomic E-state index is 10.3. The maximum absolute atomic E-state index is 10.3. The van der Waals surface area contributed by atoms with E-state index in [9.17, 15) is 5.11 Å². The largest absolute Gasteiger partial charge is 0.388 e. The lowest BCUT2D eigenvalue weighted by atomic mass is 9.98. The fourth-order valence-electron chi connectivity index (χ4n) is 2.80. The van der Waals surface area contributed by atoms with E-state index in [4.69, 9.17) is 4.74 Å². The average molecular weight is 455 g/mol. The second-order valence-electron chi connectivity index (χ2n) is 6.54. The molecule has 0 saturated heterocycles. The van der Waals surface area contributed by atoms with Gasteiger partial charge in [-0.3, -0.25) is 4.99 Å². The van der Waals surface area contributed by atoms with E-state index < -0.39 is 5.60 Å². The van der Waals surface area contributed by atoms with E-state index >= 15 is 0 Å². The minimum atomic E-state index is -0.688. The predicted octanol–water partition coefficient (Wildman–Crippen LogP) is 3.45. The van der Waals surface area contributed by atoms with Crippen molar-refractivity contribution in [1.29, 1.82) is 0 Å². The minimum Gasteiger partial charge on any atom is -0.388 e. The number of aliphatic imine (C=N–C) groups is 1. The Hall–Kier alpha value is -0.0800. The molecule has 0 heterocycles. The molecule has 1 fully saturated rings. The third-order valence-corrected chi connectivity index (χ3v) is 4.71. The van der Waals surface area contributed by atoms with Crippen LogP contribution in [0.25, 0.3) is 0 Å². The van der Waals surface area contributed by atoms with Crippen LogP contribution < -0.4 is 10.6 Å². The number of ether oxygens (including phenoxy) is 1. The summed E-state index contributed by atoms with van der Waals surface area (Å²) in [6, 6.07) is 0. The Labute approximate surface area is 165 Å². The van der Waals surface area contributed by atoms with E-state index in [1.165, 1.54) is 32.1 Å². The van der Waals surface area contributed by atoms with Crippen molar-refractivity contribution in [1.82, 2.24) is 10.6 Å². The summed E-state index contributed by atoms with van der Waals surface area (Å²) in [6.45, 7) is 8.97. The first-order chi connectivity index (χ1) is 11.1. The van der Waals surface area contributed by atoms with Crippen LogP contribution in [0.3, 0.4) is 0 Å². The van der Waals surface area contributed by atoms with Gasteiger partial charge in [0.15, 0.2) is 5.96 Å². The van der Waals surface area contributed by atoms with Gasteiger partial charge in [0, 0.05) is 19.7 Å². The third kappa shape index (κ3) is 10.0. The first-order valence-corrected chi connectivity index (χ1v) is 9.49. The molecule has 1 saturated carbocycles. The number of aliphatic hydroxyl groups is 1. The van der Waals surface area contributed by atoms with Crippen LogP contribution in [0.5, 0.6) is 0 Å². The molecule has 0 spiro atoms. The van der Waals surface area contributed by atoms with Crippen LogP contribution in [0.15, 0.2) is 4.99 Å². The molecule has 1 aliphatic carbocycles. The second-order valence-corrected chi connectivity index (χ2v) is 6.54. The van der Waals surface area contributed by atoms with E-state index in [1.54, 1.807) is 0 Å². The molecule has 5 nitrogen and oxygen atoms in total. The summed E-state index contributed by atoms with van der Waals surface area (Å²) in [5.74, 6) is 0.783. The van der Waals surface area contributed by atoms with Crippen molar-refractivity contribution in [2.75, 3.05) is 26.2 Å². The lowest BCUT2D eigenvalue weighted by Gasteiger charge is -2.23. The Morgan fingerprint density at radius 1 is 1.12 bits per heavy atom. The third-order valence-electron chi connectivity index (χ3n) is 4.71. The number of hydrogen-bond acceptors (Lipinski definition) is 3. The highest BCUT2D eigenvalue weighted by molar-refractivity contribution is 14.0. The van der Waals surface area contributed by atoms with Crippen molar-refractivity contribution >= 4 is 29.9 Å². The summed E-state index contributed by atoms with van der Waals surface area (Å²) >= 11 is 0. The smallest absolute Gasteiger partial charge is 0.191 e. The standard InChI is InChI=1S/C18H37N3O2.HI/c1-4-18(22,5-2)15-21-17(19-6-3)20-13-10-14-23-16-11-8-7-9-12-16;/h16,22H,4-15H2,1-3H3,(H2,19,20,21);1H. The fraction of sp³-hybridized carbons (Fsp3) is 0.944. The molecule has 3 N–H and O–H groups in total. The Bertz CT molecular complexity index is 330. The number of hydrogen-bond donors (Lipinski definition) is 3. The number of rotatable bonds is 10. The van der Waals surface area contributed by atoms with Crippen LogP contribution in [0.1, 0.15) is 72.1 Å². The van der Waals surface area contributed by atoms with Gasteiger partial charge in [-0.2, -0.15) is 0 Å². The summed E-state index contributed by atoms with van der Waals surface area (Å²) in [6.07, 6.45) is 9.36. The van der Waals surface area contributed by atoms with Crippen LogP contribution in [0.4, 0.5) is 0 Å². The number of halogens is 1. The van der Waals surface area contributed by atoms with Crippen molar-refractivity contribution < 1.29 is 9.84 Å². The van der Waals surface area contributed by atoms with Crippen molar-refractivity contribution in [2.24, 2.45) is 4.99 Å². The molecule has 0 unspecified atom stereocenters. The molecule has 0 aromatic carbocycles. The molecule has 0 atom stereocenters. The first-order valence-electron chi connectivity index (χ1n) is 9.49. The van der Waals surface area contributed by atoms with E-state index in [0.717, 1.165) is 44.9 Å². The van der Waals surface area contributed by atoms with Gasteiger partial charge in [0.1, 0.15) is 0 Å². The highest BCUT2D eigenvalue weighted by atomic mass is 127. The molecule has 1 rings (SSSR count). The summed E-state index contributed by atoms with van der Waals surface area (Å²) in [7, 11) is 0. The second kappa shape index (κ2) is 14.1. The van der Waals surface area contributed by atoms with E-state index in [-0.39, 0.29) is 24.0 Å². The van der Waals surface area contributed by atoms with Gasteiger partial charge in [0.05, 0.1) is 18.2 Å². The van der Waals surface area contributed by atoms with Gasteiger partial charge in [-0.05, 0) is 39.0 Å². The van der Waals surface area contributed by atoms with Crippen molar-refractivity contribution in [3.63, 3.8) is 0 Å². The Morgan fingerprint density at radius 2 is 1.79 bits per heavy atom. The fourth-order valence-corrected chi connectivity index (χ4v) is 2.80. The molecule has 0 aromatic heterocycles. The van der Waals surface area contributed by atoms with Crippen LogP contribution in [-0.2, 0) is 4.74 Å². The van der Waals surface area contributed by atoms with Gasteiger partial charge in [-0.15, -0.1) is 24.0 Å². The summed E-state index contributed by atoms with van der Waals surface area (Å²) in [5, 5.41) is 16.9. The van der Waals surface area contributed by atoms with E-state index in [1.807, 2.05) is 13.8 Å². The number of nitrogens with zero attached hydrogens (tertiary/aromatic N) is 1. The number of guanidine groups is 1. The molecule has 144 valence electrons. The van der Waals surface area contributed by atoms with Crippen molar-refractivity contribution in [3.05, 3.63) is 0 Å². The van der Waals surface area contributed by atoms with Gasteiger partial charge >= 0.3 is 0 Å². The SMILES string of the molecule is CCNC(=NCC(O)(CC)CC)NCCCOC1CCCCC1.I. The lowest BCUT2D eigenvalue weighted by molar-refractivity contribution is 0.0276. The highest BCUT2D eigenvalue weighted by Gasteiger charge is 2.21.